The first-order valence-electron chi connectivity index (χ1n) is 10.2. The number of likely N-dealkylation sites (tertiary alicyclic amines) is 1. The van der Waals surface area contributed by atoms with Gasteiger partial charge in [-0.15, -0.1) is 0 Å². The van der Waals surface area contributed by atoms with Crippen molar-refractivity contribution in [1.82, 2.24) is 10.2 Å². The molecule has 3 rings (SSSR count). The highest BCUT2D eigenvalue weighted by Gasteiger charge is 2.27. The fourth-order valence-corrected chi connectivity index (χ4v) is 3.93. The summed E-state index contributed by atoms with van der Waals surface area (Å²) in [5.41, 5.74) is 0. The van der Waals surface area contributed by atoms with E-state index in [1.165, 1.54) is 25.8 Å². The number of hydrogen-bond acceptors (Lipinski definition) is 5. The number of hydrogen-bond donors (Lipinski definition) is 3. The van der Waals surface area contributed by atoms with Gasteiger partial charge in [0.25, 0.3) is 0 Å². The number of carbonyl (C=O) groups excluding carboxylic acids is 1. The number of aliphatic carboxylic acids is 2. The number of carboxylic acids is 2. The lowest BCUT2D eigenvalue weighted by Crippen LogP contribution is -2.43. The van der Waals surface area contributed by atoms with Crippen LogP contribution in [0.25, 0.3) is 0 Å². The highest BCUT2D eigenvalue weighted by molar-refractivity contribution is 6.27. The van der Waals surface area contributed by atoms with E-state index in [2.05, 4.69) is 22.4 Å². The van der Waals surface area contributed by atoms with E-state index in [0.717, 1.165) is 51.3 Å². The van der Waals surface area contributed by atoms with Crippen molar-refractivity contribution >= 4 is 17.8 Å². The number of nitrogens with zero attached hydrogens (tertiary/aromatic N) is 1. The molecule has 2 atom stereocenters. The fourth-order valence-electron chi connectivity index (χ4n) is 3.93. The van der Waals surface area contributed by atoms with Crippen LogP contribution in [0.4, 0.5) is 0 Å². The lowest BCUT2D eigenvalue weighted by atomic mass is 9.91. The number of amides is 1. The quantitative estimate of drug-likeness (QED) is 0.476. The molecule has 3 aliphatic rings. The standard InChI is InChI=1S/C18H30N2O2.C2H2O4/c21-18(19-13-17-7-4-12-22-17)16-8-10-20(11-9-16)14-15-5-2-1-3-6-15;3-1(4)2(5)6/h1-2,15-17H,3-14H2,(H,19,21);(H,3,4)(H,5,6). The Hall–Kier alpha value is -1.93. The molecule has 158 valence electrons. The van der Waals surface area contributed by atoms with Gasteiger partial charge in [-0.25, -0.2) is 9.59 Å². The molecule has 8 heteroatoms. The maximum absolute atomic E-state index is 12.3. The topological polar surface area (TPSA) is 116 Å². The summed E-state index contributed by atoms with van der Waals surface area (Å²) >= 11 is 0. The number of carboxylic acid groups (broad SMARTS) is 2. The minimum absolute atomic E-state index is 0.212. The van der Waals surface area contributed by atoms with Gasteiger partial charge in [-0.2, -0.15) is 0 Å². The summed E-state index contributed by atoms with van der Waals surface area (Å²) in [6.07, 6.45) is 13.0. The number of piperidine rings is 1. The van der Waals surface area contributed by atoms with E-state index in [1.54, 1.807) is 0 Å². The summed E-state index contributed by atoms with van der Waals surface area (Å²) in [4.78, 5) is 33.0. The Bertz CT molecular complexity index is 539. The smallest absolute Gasteiger partial charge is 0.414 e. The molecule has 2 aliphatic heterocycles. The number of nitrogens with one attached hydrogen (secondary N) is 1. The van der Waals surface area contributed by atoms with Crippen molar-refractivity contribution in [3.05, 3.63) is 12.2 Å². The monoisotopic (exact) mass is 396 g/mol. The predicted molar refractivity (Wildman–Crippen MR) is 103 cm³/mol. The van der Waals surface area contributed by atoms with Crippen molar-refractivity contribution in [2.75, 3.05) is 32.8 Å². The van der Waals surface area contributed by atoms with E-state index in [4.69, 9.17) is 24.5 Å². The maximum Gasteiger partial charge on any atom is 0.414 e. The summed E-state index contributed by atoms with van der Waals surface area (Å²) in [5.74, 6) is -2.36. The Morgan fingerprint density at radius 2 is 1.75 bits per heavy atom. The SMILES string of the molecule is O=C(NCC1CCCO1)C1CCN(CC2CC=CCC2)CC1.O=C(O)C(=O)O. The van der Waals surface area contributed by atoms with Gasteiger partial charge in [-0.05, 0) is 64.0 Å². The lowest BCUT2D eigenvalue weighted by Gasteiger charge is -2.34. The summed E-state index contributed by atoms with van der Waals surface area (Å²) in [5, 5.41) is 17.9. The number of carbonyl (C=O) groups is 3. The van der Waals surface area contributed by atoms with E-state index in [9.17, 15) is 4.79 Å². The summed E-state index contributed by atoms with van der Waals surface area (Å²) in [6.45, 7) is 4.94. The van der Waals surface area contributed by atoms with Gasteiger partial charge in [0.15, 0.2) is 0 Å². The molecule has 3 N–H and O–H groups in total. The molecule has 2 unspecified atom stereocenters. The van der Waals surface area contributed by atoms with Crippen molar-refractivity contribution in [3.8, 4) is 0 Å². The summed E-state index contributed by atoms with van der Waals surface area (Å²) in [7, 11) is 0. The molecule has 2 heterocycles. The van der Waals surface area contributed by atoms with E-state index >= 15 is 0 Å². The maximum atomic E-state index is 12.3. The second-order valence-electron chi connectivity index (χ2n) is 7.72. The normalized spacial score (nSPS) is 25.6. The zero-order valence-corrected chi connectivity index (χ0v) is 16.3. The molecule has 1 aliphatic carbocycles. The molecular weight excluding hydrogens is 364 g/mol. The molecule has 0 radical (unpaired) electrons. The van der Waals surface area contributed by atoms with Crippen LogP contribution >= 0.6 is 0 Å². The van der Waals surface area contributed by atoms with E-state index in [0.29, 0.717) is 6.54 Å². The third kappa shape index (κ3) is 7.98. The van der Waals surface area contributed by atoms with Gasteiger partial charge in [0.1, 0.15) is 0 Å². The van der Waals surface area contributed by atoms with Crippen molar-refractivity contribution < 1.29 is 29.3 Å². The van der Waals surface area contributed by atoms with Crippen molar-refractivity contribution in [3.63, 3.8) is 0 Å². The van der Waals surface area contributed by atoms with Crippen LogP contribution in [-0.2, 0) is 19.1 Å². The Morgan fingerprint density at radius 1 is 1.04 bits per heavy atom. The van der Waals surface area contributed by atoms with Crippen LogP contribution in [0.5, 0.6) is 0 Å². The highest BCUT2D eigenvalue weighted by atomic mass is 16.5. The van der Waals surface area contributed by atoms with Gasteiger partial charge in [-0.3, -0.25) is 4.79 Å². The van der Waals surface area contributed by atoms with Gasteiger partial charge in [0.2, 0.25) is 5.91 Å². The summed E-state index contributed by atoms with van der Waals surface area (Å²) < 4.78 is 5.56. The van der Waals surface area contributed by atoms with Crippen LogP contribution in [0.2, 0.25) is 0 Å². The first kappa shape index (κ1) is 22.4. The Labute approximate surface area is 165 Å². The average molecular weight is 396 g/mol. The summed E-state index contributed by atoms with van der Waals surface area (Å²) in [6, 6.07) is 0. The van der Waals surface area contributed by atoms with Crippen molar-refractivity contribution in [2.24, 2.45) is 11.8 Å². The number of rotatable bonds is 5. The van der Waals surface area contributed by atoms with Crippen LogP contribution in [0.3, 0.4) is 0 Å². The van der Waals surface area contributed by atoms with E-state index < -0.39 is 11.9 Å². The molecule has 0 aromatic carbocycles. The predicted octanol–water partition coefficient (Wildman–Crippen LogP) is 1.51. The van der Waals surface area contributed by atoms with E-state index in [1.807, 2.05) is 0 Å². The average Bonchev–Trinajstić information content (AvgIpc) is 3.21. The lowest BCUT2D eigenvalue weighted by molar-refractivity contribution is -0.159. The van der Waals surface area contributed by atoms with Crippen molar-refractivity contribution in [2.45, 2.75) is 51.0 Å². The second-order valence-corrected chi connectivity index (χ2v) is 7.72. The second kappa shape index (κ2) is 11.8. The van der Waals surface area contributed by atoms with Crippen LogP contribution < -0.4 is 5.32 Å². The molecule has 2 fully saturated rings. The number of ether oxygens (including phenoxy) is 1. The minimum Gasteiger partial charge on any atom is -0.473 e. The molecule has 0 saturated carbocycles. The Morgan fingerprint density at radius 3 is 2.29 bits per heavy atom. The van der Waals surface area contributed by atoms with Gasteiger partial charge in [-0.1, -0.05) is 12.2 Å². The van der Waals surface area contributed by atoms with Gasteiger partial charge < -0.3 is 25.2 Å². The first-order valence-corrected chi connectivity index (χ1v) is 10.2. The molecule has 1 amide bonds. The zero-order chi connectivity index (χ0) is 20.4. The number of allylic oxidation sites excluding steroid dienone is 2. The van der Waals surface area contributed by atoms with E-state index in [-0.39, 0.29) is 17.9 Å². The van der Waals surface area contributed by atoms with Crippen LogP contribution in [0, 0.1) is 11.8 Å². The Balaban J connectivity index is 0.000000409. The van der Waals surface area contributed by atoms with Crippen LogP contribution in [0.15, 0.2) is 12.2 Å². The van der Waals surface area contributed by atoms with Crippen LogP contribution in [-0.4, -0.2) is 71.8 Å². The van der Waals surface area contributed by atoms with Gasteiger partial charge in [0, 0.05) is 25.6 Å². The molecule has 28 heavy (non-hydrogen) atoms. The fraction of sp³-hybridized carbons (Fsp3) is 0.750. The molecule has 8 nitrogen and oxygen atoms in total. The molecule has 0 aromatic heterocycles. The zero-order valence-electron chi connectivity index (χ0n) is 16.3. The highest BCUT2D eigenvalue weighted by Crippen LogP contribution is 2.23. The molecule has 0 spiro atoms. The first-order chi connectivity index (χ1) is 13.5. The van der Waals surface area contributed by atoms with Gasteiger partial charge >= 0.3 is 11.9 Å². The molecular formula is C20H32N2O6. The van der Waals surface area contributed by atoms with Crippen molar-refractivity contribution in [1.29, 1.82) is 0 Å². The molecule has 2 saturated heterocycles. The van der Waals surface area contributed by atoms with Gasteiger partial charge in [0.05, 0.1) is 6.10 Å². The molecule has 0 aromatic rings. The largest absolute Gasteiger partial charge is 0.473 e. The third-order valence-corrected chi connectivity index (χ3v) is 5.56. The molecule has 0 bridgehead atoms. The third-order valence-electron chi connectivity index (χ3n) is 5.56. The Kier molecular flexibility index (Phi) is 9.43. The van der Waals surface area contributed by atoms with Crippen LogP contribution in [0.1, 0.15) is 44.9 Å². The minimum atomic E-state index is -1.82.